The van der Waals surface area contributed by atoms with E-state index in [4.69, 9.17) is 5.73 Å². The van der Waals surface area contributed by atoms with Crippen molar-refractivity contribution in [3.05, 3.63) is 29.8 Å². The van der Waals surface area contributed by atoms with Crippen LogP contribution in [0.5, 0.6) is 0 Å². The summed E-state index contributed by atoms with van der Waals surface area (Å²) in [4.78, 5) is 2.46. The van der Waals surface area contributed by atoms with Crippen LogP contribution in [0.3, 0.4) is 0 Å². The number of benzene rings is 1. The molecule has 1 aliphatic carbocycles. The molecule has 100 valence electrons. The molecular weight excluding hydrogens is 220 g/mol. The summed E-state index contributed by atoms with van der Waals surface area (Å²) in [5, 5.41) is 0. The lowest BCUT2D eigenvalue weighted by Gasteiger charge is -2.31. The van der Waals surface area contributed by atoms with Crippen LogP contribution in [0.15, 0.2) is 24.3 Å². The zero-order valence-corrected chi connectivity index (χ0v) is 11.7. The van der Waals surface area contributed by atoms with Gasteiger partial charge >= 0.3 is 0 Å². The van der Waals surface area contributed by atoms with Crippen molar-refractivity contribution in [3.8, 4) is 0 Å². The third kappa shape index (κ3) is 3.05. The summed E-state index contributed by atoms with van der Waals surface area (Å²) in [6.07, 6.45) is 8.19. The van der Waals surface area contributed by atoms with Gasteiger partial charge in [0.2, 0.25) is 0 Å². The Balaban J connectivity index is 2.19. The fraction of sp³-hybridized carbons (Fsp3) is 0.625. The molecule has 1 atom stereocenters. The number of para-hydroxylation sites is 1. The van der Waals surface area contributed by atoms with E-state index >= 15 is 0 Å². The van der Waals surface area contributed by atoms with Gasteiger partial charge in [-0.15, -0.1) is 0 Å². The quantitative estimate of drug-likeness (QED) is 0.820. The van der Waals surface area contributed by atoms with Crippen LogP contribution in [0.1, 0.15) is 57.1 Å². The molecule has 1 aliphatic rings. The second kappa shape index (κ2) is 6.24. The van der Waals surface area contributed by atoms with Crippen LogP contribution in [0.2, 0.25) is 0 Å². The van der Waals surface area contributed by atoms with E-state index in [1.165, 1.54) is 49.8 Å². The van der Waals surface area contributed by atoms with Crippen LogP contribution in [0.25, 0.3) is 0 Å². The van der Waals surface area contributed by atoms with Crippen molar-refractivity contribution in [2.45, 2.75) is 57.5 Å². The van der Waals surface area contributed by atoms with E-state index < -0.39 is 0 Å². The second-order valence-electron chi connectivity index (χ2n) is 5.60. The SMILES string of the molecule is CC(N)c1ccccc1N(C)C1CCCCCC1. The number of hydrogen-bond donors (Lipinski definition) is 1. The van der Waals surface area contributed by atoms with Crippen molar-refractivity contribution in [3.63, 3.8) is 0 Å². The van der Waals surface area contributed by atoms with Gasteiger partial charge in [-0.2, -0.15) is 0 Å². The fourth-order valence-electron chi connectivity index (χ4n) is 3.04. The monoisotopic (exact) mass is 246 g/mol. The molecule has 18 heavy (non-hydrogen) atoms. The maximum Gasteiger partial charge on any atom is 0.0414 e. The highest BCUT2D eigenvalue weighted by atomic mass is 15.1. The third-order valence-electron chi connectivity index (χ3n) is 4.18. The minimum absolute atomic E-state index is 0.106. The molecule has 2 heteroatoms. The van der Waals surface area contributed by atoms with Crippen molar-refractivity contribution < 1.29 is 0 Å². The first kappa shape index (κ1) is 13.4. The summed E-state index contributed by atoms with van der Waals surface area (Å²) >= 11 is 0. The van der Waals surface area contributed by atoms with Crippen LogP contribution in [-0.2, 0) is 0 Å². The molecule has 0 radical (unpaired) electrons. The van der Waals surface area contributed by atoms with Gasteiger partial charge in [0.15, 0.2) is 0 Å². The highest BCUT2D eigenvalue weighted by Gasteiger charge is 2.19. The Hall–Kier alpha value is -1.02. The van der Waals surface area contributed by atoms with Crippen LogP contribution >= 0.6 is 0 Å². The highest BCUT2D eigenvalue weighted by Crippen LogP contribution is 2.29. The Morgan fingerprint density at radius 3 is 2.33 bits per heavy atom. The predicted molar refractivity (Wildman–Crippen MR) is 78.9 cm³/mol. The van der Waals surface area contributed by atoms with E-state index in [1.54, 1.807) is 0 Å². The molecule has 1 fully saturated rings. The molecule has 0 heterocycles. The van der Waals surface area contributed by atoms with Gasteiger partial charge in [-0.05, 0) is 31.4 Å². The first-order valence-electron chi connectivity index (χ1n) is 7.27. The van der Waals surface area contributed by atoms with Crippen LogP contribution in [0.4, 0.5) is 5.69 Å². The molecule has 0 bridgehead atoms. The minimum Gasteiger partial charge on any atom is -0.371 e. The van der Waals surface area contributed by atoms with E-state index in [1.807, 2.05) is 0 Å². The molecular formula is C16H26N2. The molecule has 1 aromatic carbocycles. The highest BCUT2D eigenvalue weighted by molar-refractivity contribution is 5.55. The number of nitrogens with zero attached hydrogens (tertiary/aromatic N) is 1. The largest absolute Gasteiger partial charge is 0.371 e. The van der Waals surface area contributed by atoms with E-state index in [0.717, 1.165) is 0 Å². The Labute approximate surface area is 111 Å². The van der Waals surface area contributed by atoms with Gasteiger partial charge in [0, 0.05) is 24.8 Å². The third-order valence-corrected chi connectivity index (χ3v) is 4.18. The van der Waals surface area contributed by atoms with Crippen LogP contribution in [0, 0.1) is 0 Å². The molecule has 1 unspecified atom stereocenters. The molecule has 1 saturated carbocycles. The van der Waals surface area contributed by atoms with Crippen molar-refractivity contribution >= 4 is 5.69 Å². The average Bonchev–Trinajstić information content (AvgIpc) is 2.66. The van der Waals surface area contributed by atoms with Gasteiger partial charge in [0.1, 0.15) is 0 Å². The van der Waals surface area contributed by atoms with Crippen molar-refractivity contribution in [1.82, 2.24) is 0 Å². The van der Waals surface area contributed by atoms with Gasteiger partial charge in [-0.1, -0.05) is 43.9 Å². The summed E-state index contributed by atoms with van der Waals surface area (Å²) in [6.45, 7) is 2.07. The lowest BCUT2D eigenvalue weighted by atomic mass is 10.0. The summed E-state index contributed by atoms with van der Waals surface area (Å²) in [7, 11) is 2.23. The van der Waals surface area contributed by atoms with E-state index in [9.17, 15) is 0 Å². The van der Waals surface area contributed by atoms with E-state index in [0.29, 0.717) is 6.04 Å². The molecule has 0 spiro atoms. The molecule has 2 N–H and O–H groups in total. The lowest BCUT2D eigenvalue weighted by molar-refractivity contribution is 0.550. The zero-order valence-electron chi connectivity index (χ0n) is 11.7. The number of nitrogens with two attached hydrogens (primary N) is 1. The van der Waals surface area contributed by atoms with E-state index in [2.05, 4.69) is 43.1 Å². The van der Waals surface area contributed by atoms with Gasteiger partial charge < -0.3 is 10.6 Å². The minimum atomic E-state index is 0.106. The summed E-state index contributed by atoms with van der Waals surface area (Å²) in [5.74, 6) is 0. The molecule has 2 nitrogen and oxygen atoms in total. The van der Waals surface area contributed by atoms with E-state index in [-0.39, 0.29) is 6.04 Å². The zero-order chi connectivity index (χ0) is 13.0. The molecule has 0 amide bonds. The first-order valence-corrected chi connectivity index (χ1v) is 7.27. The van der Waals surface area contributed by atoms with Gasteiger partial charge in [0.25, 0.3) is 0 Å². The van der Waals surface area contributed by atoms with Gasteiger partial charge in [-0.25, -0.2) is 0 Å². The maximum atomic E-state index is 6.09. The summed E-state index contributed by atoms with van der Waals surface area (Å²) in [6, 6.07) is 9.37. The molecule has 0 aliphatic heterocycles. The Morgan fingerprint density at radius 2 is 1.72 bits per heavy atom. The smallest absolute Gasteiger partial charge is 0.0414 e. The normalized spacial score (nSPS) is 19.3. The second-order valence-corrected chi connectivity index (χ2v) is 5.60. The lowest BCUT2D eigenvalue weighted by Crippen LogP contribution is -2.32. The number of rotatable bonds is 3. The van der Waals surface area contributed by atoms with Crippen LogP contribution < -0.4 is 10.6 Å². The van der Waals surface area contributed by atoms with Crippen molar-refractivity contribution in [2.24, 2.45) is 5.73 Å². The summed E-state index contributed by atoms with van der Waals surface area (Å²) in [5.41, 5.74) is 8.67. The maximum absolute atomic E-state index is 6.09. The molecule has 1 aromatic rings. The Bertz CT molecular complexity index is 365. The average molecular weight is 246 g/mol. The Kier molecular flexibility index (Phi) is 4.65. The van der Waals surface area contributed by atoms with Crippen molar-refractivity contribution in [2.75, 3.05) is 11.9 Å². The van der Waals surface area contributed by atoms with Crippen LogP contribution in [-0.4, -0.2) is 13.1 Å². The standard InChI is InChI=1S/C16H26N2/c1-13(17)15-11-7-8-12-16(15)18(2)14-9-5-3-4-6-10-14/h7-8,11-14H,3-6,9-10,17H2,1-2H3. The van der Waals surface area contributed by atoms with Crippen molar-refractivity contribution in [1.29, 1.82) is 0 Å². The molecule has 2 rings (SSSR count). The van der Waals surface area contributed by atoms with Gasteiger partial charge in [0.05, 0.1) is 0 Å². The first-order chi connectivity index (χ1) is 8.70. The van der Waals surface area contributed by atoms with Gasteiger partial charge in [-0.3, -0.25) is 0 Å². The molecule has 0 aromatic heterocycles. The number of anilines is 1. The topological polar surface area (TPSA) is 29.3 Å². The molecule has 0 saturated heterocycles. The Morgan fingerprint density at radius 1 is 1.11 bits per heavy atom. The predicted octanol–water partition coefficient (Wildman–Crippen LogP) is 3.87. The number of hydrogen-bond acceptors (Lipinski definition) is 2. The fourth-order valence-corrected chi connectivity index (χ4v) is 3.04. The summed E-state index contributed by atoms with van der Waals surface area (Å²) < 4.78 is 0.